The number of nitrogens with zero attached hydrogens (tertiary/aromatic N) is 2. The average molecular weight is 249 g/mol. The van der Waals surface area contributed by atoms with Gasteiger partial charge in [0.25, 0.3) is 0 Å². The van der Waals surface area contributed by atoms with Gasteiger partial charge >= 0.3 is 0 Å². The third-order valence-electron chi connectivity index (χ3n) is 2.40. The summed E-state index contributed by atoms with van der Waals surface area (Å²) < 4.78 is 26.4. The second-order valence-corrected chi connectivity index (χ2v) is 3.84. The molecule has 5 heteroatoms. The molecule has 1 aromatic carbocycles. The third-order valence-corrected chi connectivity index (χ3v) is 2.40. The van der Waals surface area contributed by atoms with Crippen LogP contribution in [0.5, 0.6) is 0 Å². The summed E-state index contributed by atoms with van der Waals surface area (Å²) in [5, 5.41) is 3.07. The summed E-state index contributed by atoms with van der Waals surface area (Å²) >= 11 is 0. The van der Waals surface area contributed by atoms with Gasteiger partial charge < -0.3 is 5.32 Å². The van der Waals surface area contributed by atoms with Crippen molar-refractivity contribution < 1.29 is 8.78 Å². The lowest BCUT2D eigenvalue weighted by molar-refractivity contribution is 0.585. The summed E-state index contributed by atoms with van der Waals surface area (Å²) in [6.07, 6.45) is 3.98. The van der Waals surface area contributed by atoms with Crippen molar-refractivity contribution in [3.8, 4) is 11.3 Å². The summed E-state index contributed by atoms with van der Waals surface area (Å²) in [4.78, 5) is 8.23. The highest BCUT2D eigenvalue weighted by atomic mass is 19.1. The Balaban J connectivity index is 2.32. The average Bonchev–Trinajstić information content (AvgIpc) is 2.36. The maximum absolute atomic E-state index is 13.6. The Morgan fingerprint density at radius 1 is 1.22 bits per heavy atom. The smallest absolute Gasteiger partial charge is 0.145 e. The summed E-state index contributed by atoms with van der Waals surface area (Å²) in [6.45, 7) is 2.80. The van der Waals surface area contributed by atoms with E-state index in [-0.39, 0.29) is 5.56 Å². The molecule has 1 aromatic heterocycles. The van der Waals surface area contributed by atoms with Gasteiger partial charge in [0.15, 0.2) is 0 Å². The number of hydrogen-bond acceptors (Lipinski definition) is 3. The minimum absolute atomic E-state index is 0.240. The van der Waals surface area contributed by atoms with Crippen molar-refractivity contribution in [3.63, 3.8) is 0 Å². The first-order valence-electron chi connectivity index (χ1n) is 5.72. The molecule has 3 nitrogen and oxygen atoms in total. The number of halogens is 2. The largest absolute Gasteiger partial charge is 0.369 e. The Hall–Kier alpha value is -2.04. The van der Waals surface area contributed by atoms with Crippen LogP contribution >= 0.6 is 0 Å². The Labute approximate surface area is 104 Å². The van der Waals surface area contributed by atoms with E-state index in [4.69, 9.17) is 0 Å². The first-order valence-corrected chi connectivity index (χ1v) is 5.72. The second-order valence-electron chi connectivity index (χ2n) is 3.84. The quantitative estimate of drug-likeness (QED) is 0.903. The lowest BCUT2D eigenvalue weighted by Gasteiger charge is -2.06. The van der Waals surface area contributed by atoms with E-state index in [1.165, 1.54) is 18.3 Å². The lowest BCUT2D eigenvalue weighted by Crippen LogP contribution is -2.03. The molecule has 0 amide bonds. The van der Waals surface area contributed by atoms with Crippen molar-refractivity contribution in [1.29, 1.82) is 0 Å². The highest BCUT2D eigenvalue weighted by molar-refractivity contribution is 5.60. The van der Waals surface area contributed by atoms with Gasteiger partial charge in [-0.15, -0.1) is 0 Å². The highest BCUT2D eigenvalue weighted by Crippen LogP contribution is 2.21. The number of aromatic nitrogens is 2. The Morgan fingerprint density at radius 2 is 2.06 bits per heavy atom. The third kappa shape index (κ3) is 2.80. The molecule has 0 aliphatic heterocycles. The predicted molar refractivity (Wildman–Crippen MR) is 66.2 cm³/mol. The van der Waals surface area contributed by atoms with Crippen molar-refractivity contribution in [2.45, 2.75) is 13.3 Å². The second kappa shape index (κ2) is 5.53. The Kier molecular flexibility index (Phi) is 3.82. The van der Waals surface area contributed by atoms with Crippen LogP contribution in [0, 0.1) is 11.6 Å². The molecule has 1 N–H and O–H groups in total. The molecule has 94 valence electrons. The molecular weight excluding hydrogens is 236 g/mol. The molecular formula is C13H13F2N3. The van der Waals surface area contributed by atoms with Crippen LogP contribution in [0.2, 0.25) is 0 Å². The minimum atomic E-state index is -0.642. The monoisotopic (exact) mass is 249 g/mol. The summed E-state index contributed by atoms with van der Waals surface area (Å²) in [5.74, 6) is -0.667. The molecule has 0 aliphatic rings. The maximum atomic E-state index is 13.6. The molecule has 18 heavy (non-hydrogen) atoms. The van der Waals surface area contributed by atoms with Crippen LogP contribution in [0.1, 0.15) is 13.3 Å². The van der Waals surface area contributed by atoms with Gasteiger partial charge in [0.2, 0.25) is 0 Å². The van der Waals surface area contributed by atoms with Crippen molar-refractivity contribution in [3.05, 3.63) is 42.2 Å². The molecule has 1 heterocycles. The lowest BCUT2D eigenvalue weighted by atomic mass is 10.1. The molecule has 0 aliphatic carbocycles. The van der Waals surface area contributed by atoms with E-state index >= 15 is 0 Å². The zero-order chi connectivity index (χ0) is 13.0. The van der Waals surface area contributed by atoms with E-state index in [1.807, 2.05) is 6.92 Å². The molecule has 0 spiro atoms. The predicted octanol–water partition coefficient (Wildman–Crippen LogP) is 3.24. The Morgan fingerprint density at radius 3 is 2.78 bits per heavy atom. The minimum Gasteiger partial charge on any atom is -0.369 e. The van der Waals surface area contributed by atoms with E-state index in [0.717, 1.165) is 19.0 Å². The van der Waals surface area contributed by atoms with Crippen LogP contribution in [0.25, 0.3) is 11.3 Å². The molecule has 0 saturated heterocycles. The molecule has 2 aromatic rings. The molecule has 0 radical (unpaired) electrons. The van der Waals surface area contributed by atoms with E-state index in [9.17, 15) is 8.78 Å². The fourth-order valence-corrected chi connectivity index (χ4v) is 1.53. The van der Waals surface area contributed by atoms with Gasteiger partial charge in [-0.1, -0.05) is 6.92 Å². The van der Waals surface area contributed by atoms with Gasteiger partial charge in [-0.2, -0.15) is 0 Å². The fourth-order valence-electron chi connectivity index (χ4n) is 1.53. The topological polar surface area (TPSA) is 37.8 Å². The SMILES string of the molecule is CCCNc1cncc(-c2ccc(F)cc2F)n1. The molecule has 0 atom stereocenters. The Bertz CT molecular complexity index is 544. The molecule has 0 saturated carbocycles. The summed E-state index contributed by atoms with van der Waals surface area (Å²) in [7, 11) is 0. The van der Waals surface area contributed by atoms with Crippen molar-refractivity contribution in [1.82, 2.24) is 9.97 Å². The standard InChI is InChI=1S/C13H13F2N3/c1-2-5-17-13-8-16-7-12(18-13)10-4-3-9(14)6-11(10)15/h3-4,6-8H,2,5H2,1H3,(H,17,18). The fraction of sp³-hybridized carbons (Fsp3) is 0.231. The number of benzene rings is 1. The summed E-state index contributed by atoms with van der Waals surface area (Å²) in [6, 6.07) is 3.40. The summed E-state index contributed by atoms with van der Waals surface area (Å²) in [5.41, 5.74) is 0.623. The van der Waals surface area contributed by atoms with Crippen LogP contribution in [-0.4, -0.2) is 16.5 Å². The van der Waals surface area contributed by atoms with Gasteiger partial charge in [0.1, 0.15) is 17.5 Å². The van der Waals surface area contributed by atoms with Crippen LogP contribution < -0.4 is 5.32 Å². The van der Waals surface area contributed by atoms with Gasteiger partial charge in [-0.05, 0) is 18.6 Å². The highest BCUT2D eigenvalue weighted by Gasteiger charge is 2.08. The number of nitrogens with one attached hydrogen (secondary N) is 1. The van der Waals surface area contributed by atoms with Gasteiger partial charge in [-0.25, -0.2) is 13.8 Å². The van der Waals surface area contributed by atoms with Crippen molar-refractivity contribution >= 4 is 5.82 Å². The van der Waals surface area contributed by atoms with E-state index in [2.05, 4.69) is 15.3 Å². The molecule has 0 bridgehead atoms. The zero-order valence-corrected chi connectivity index (χ0v) is 9.95. The normalized spacial score (nSPS) is 10.4. The van der Waals surface area contributed by atoms with E-state index in [0.29, 0.717) is 11.5 Å². The van der Waals surface area contributed by atoms with Crippen LogP contribution in [0.3, 0.4) is 0 Å². The maximum Gasteiger partial charge on any atom is 0.145 e. The van der Waals surface area contributed by atoms with Crippen LogP contribution in [0.4, 0.5) is 14.6 Å². The van der Waals surface area contributed by atoms with Gasteiger partial charge in [-0.3, -0.25) is 4.98 Å². The van der Waals surface area contributed by atoms with Gasteiger partial charge in [0, 0.05) is 18.2 Å². The number of hydrogen-bond donors (Lipinski definition) is 1. The zero-order valence-electron chi connectivity index (χ0n) is 9.95. The number of anilines is 1. The molecule has 0 unspecified atom stereocenters. The van der Waals surface area contributed by atoms with Crippen LogP contribution in [0.15, 0.2) is 30.6 Å². The van der Waals surface area contributed by atoms with Gasteiger partial charge in [0.05, 0.1) is 18.1 Å². The van der Waals surface area contributed by atoms with E-state index in [1.54, 1.807) is 6.20 Å². The van der Waals surface area contributed by atoms with E-state index < -0.39 is 11.6 Å². The molecule has 2 rings (SSSR count). The number of rotatable bonds is 4. The first kappa shape index (κ1) is 12.4. The van der Waals surface area contributed by atoms with Crippen molar-refractivity contribution in [2.75, 3.05) is 11.9 Å². The molecule has 0 fully saturated rings. The van der Waals surface area contributed by atoms with Crippen molar-refractivity contribution in [2.24, 2.45) is 0 Å². The first-order chi connectivity index (χ1) is 8.70. The van der Waals surface area contributed by atoms with Crippen LogP contribution in [-0.2, 0) is 0 Å².